The fraction of sp³-hybridized carbons (Fsp3) is 0.261. The summed E-state index contributed by atoms with van der Waals surface area (Å²) in [5.74, 6) is -1.04. The van der Waals surface area contributed by atoms with E-state index in [1.807, 2.05) is 18.2 Å². The predicted octanol–water partition coefficient (Wildman–Crippen LogP) is 4.11. The van der Waals surface area contributed by atoms with Crippen molar-refractivity contribution in [3.05, 3.63) is 58.8 Å². The summed E-state index contributed by atoms with van der Waals surface area (Å²) in [4.78, 5) is 40.7. The van der Waals surface area contributed by atoms with Crippen molar-refractivity contribution in [3.63, 3.8) is 0 Å². The van der Waals surface area contributed by atoms with Crippen LogP contribution in [0.1, 0.15) is 18.4 Å². The molecule has 2 aliphatic rings. The number of hydrogen-bond acceptors (Lipinski definition) is 6. The number of thioether (sulfide) groups is 1. The van der Waals surface area contributed by atoms with Gasteiger partial charge in [0.1, 0.15) is 18.1 Å². The van der Waals surface area contributed by atoms with E-state index in [2.05, 4.69) is 10.2 Å². The Morgan fingerprint density at radius 3 is 2.69 bits per heavy atom. The molecule has 3 amide bonds. The Hall–Kier alpha value is -3.33. The topological polar surface area (TPSA) is 79.0 Å². The summed E-state index contributed by atoms with van der Waals surface area (Å²) in [6.45, 7) is 1.54. The average molecular weight is 456 g/mol. The first kappa shape index (κ1) is 21.9. The highest BCUT2D eigenvalue weighted by molar-refractivity contribution is 8.18. The number of anilines is 2. The van der Waals surface area contributed by atoms with Gasteiger partial charge in [0.25, 0.3) is 11.1 Å². The van der Waals surface area contributed by atoms with Crippen molar-refractivity contribution in [3.8, 4) is 5.75 Å². The number of benzene rings is 2. The molecule has 1 N–H and O–H groups in total. The van der Waals surface area contributed by atoms with E-state index in [0.29, 0.717) is 11.3 Å². The van der Waals surface area contributed by atoms with Crippen LogP contribution in [0.25, 0.3) is 6.08 Å². The van der Waals surface area contributed by atoms with E-state index in [9.17, 15) is 18.8 Å². The van der Waals surface area contributed by atoms with E-state index in [0.717, 1.165) is 54.3 Å². The van der Waals surface area contributed by atoms with Gasteiger partial charge in [-0.2, -0.15) is 0 Å². The summed E-state index contributed by atoms with van der Waals surface area (Å²) < 4.78 is 18.8. The number of methoxy groups -OCH3 is 1. The molecule has 0 spiro atoms. The molecular weight excluding hydrogens is 433 g/mol. The fourth-order valence-corrected chi connectivity index (χ4v) is 4.51. The number of ether oxygens (including phenoxy) is 1. The van der Waals surface area contributed by atoms with Gasteiger partial charge in [0.05, 0.1) is 12.0 Å². The van der Waals surface area contributed by atoms with Gasteiger partial charge in [0.2, 0.25) is 5.91 Å². The first-order valence-corrected chi connectivity index (χ1v) is 11.0. The summed E-state index contributed by atoms with van der Waals surface area (Å²) in [5.41, 5.74) is 1.98. The Morgan fingerprint density at radius 2 is 1.97 bits per heavy atom. The minimum absolute atomic E-state index is 0.209. The molecule has 2 aliphatic heterocycles. The number of halogens is 1. The Balaban J connectivity index is 1.47. The van der Waals surface area contributed by atoms with Crippen LogP contribution in [0.3, 0.4) is 0 Å². The maximum Gasteiger partial charge on any atom is 0.294 e. The molecule has 7 nitrogen and oxygen atoms in total. The van der Waals surface area contributed by atoms with Crippen LogP contribution in [0.4, 0.5) is 20.6 Å². The molecule has 2 heterocycles. The van der Waals surface area contributed by atoms with Gasteiger partial charge in [-0.05, 0) is 61.0 Å². The lowest BCUT2D eigenvalue weighted by Gasteiger charge is -2.19. The van der Waals surface area contributed by atoms with E-state index in [1.54, 1.807) is 13.2 Å². The zero-order valence-electron chi connectivity index (χ0n) is 17.5. The number of nitrogens with zero attached hydrogens (tertiary/aromatic N) is 2. The summed E-state index contributed by atoms with van der Waals surface area (Å²) in [7, 11) is 1.56. The van der Waals surface area contributed by atoms with Crippen LogP contribution < -0.4 is 15.0 Å². The molecule has 166 valence electrons. The lowest BCUT2D eigenvalue weighted by atomic mass is 10.1. The molecule has 0 radical (unpaired) electrons. The monoisotopic (exact) mass is 455 g/mol. The minimum Gasteiger partial charge on any atom is -0.496 e. The lowest BCUT2D eigenvalue weighted by Crippen LogP contribution is -2.36. The van der Waals surface area contributed by atoms with Crippen molar-refractivity contribution < 1.29 is 23.5 Å². The van der Waals surface area contributed by atoms with Crippen molar-refractivity contribution in [2.75, 3.05) is 37.0 Å². The van der Waals surface area contributed by atoms with Gasteiger partial charge in [-0.15, -0.1) is 0 Å². The van der Waals surface area contributed by atoms with Crippen molar-refractivity contribution in [1.29, 1.82) is 0 Å². The summed E-state index contributed by atoms with van der Waals surface area (Å²) in [5, 5.41) is 1.95. The van der Waals surface area contributed by atoms with Crippen LogP contribution in [0, 0.1) is 5.82 Å². The second-order valence-corrected chi connectivity index (χ2v) is 8.44. The van der Waals surface area contributed by atoms with E-state index >= 15 is 0 Å². The van der Waals surface area contributed by atoms with Gasteiger partial charge >= 0.3 is 0 Å². The highest BCUT2D eigenvalue weighted by atomic mass is 32.2. The number of amides is 3. The standard InChI is InChI=1S/C23H22FN3O4S/c1-31-19-13-18(26-9-2-3-10-26)8-7-15(19)11-20-22(29)27(23(30)32-20)14-21(28)25-17-6-4-5-16(24)12-17/h4-8,11-13H,2-3,9-10,14H2,1H3,(H,25,28)/b20-11+. The van der Waals surface area contributed by atoms with E-state index in [1.165, 1.54) is 18.2 Å². The molecule has 0 atom stereocenters. The first-order chi connectivity index (χ1) is 15.4. The largest absolute Gasteiger partial charge is 0.496 e. The zero-order valence-corrected chi connectivity index (χ0v) is 18.3. The second kappa shape index (κ2) is 9.44. The molecule has 9 heteroatoms. The molecule has 2 aromatic carbocycles. The van der Waals surface area contributed by atoms with Gasteiger partial charge in [0.15, 0.2) is 0 Å². The smallest absolute Gasteiger partial charge is 0.294 e. The van der Waals surface area contributed by atoms with Crippen molar-refractivity contribution in [2.45, 2.75) is 12.8 Å². The van der Waals surface area contributed by atoms with Crippen LogP contribution in [0.2, 0.25) is 0 Å². The van der Waals surface area contributed by atoms with Crippen LogP contribution >= 0.6 is 11.8 Å². The highest BCUT2D eigenvalue weighted by Crippen LogP contribution is 2.35. The molecule has 2 aromatic rings. The molecular formula is C23H22FN3O4S. The molecule has 0 aromatic heterocycles. The van der Waals surface area contributed by atoms with Gasteiger partial charge in [-0.1, -0.05) is 6.07 Å². The third kappa shape index (κ3) is 4.77. The molecule has 32 heavy (non-hydrogen) atoms. The number of nitrogens with one attached hydrogen (secondary N) is 1. The van der Waals surface area contributed by atoms with E-state index < -0.39 is 29.4 Å². The molecule has 0 aliphatic carbocycles. The SMILES string of the molecule is COc1cc(N2CCCC2)ccc1/C=C1/SC(=O)N(CC(=O)Nc2cccc(F)c2)C1=O. The number of carbonyl (C=O) groups is 3. The highest BCUT2D eigenvalue weighted by Gasteiger charge is 2.36. The summed E-state index contributed by atoms with van der Waals surface area (Å²) in [6.07, 6.45) is 3.91. The van der Waals surface area contributed by atoms with Crippen LogP contribution in [-0.2, 0) is 9.59 Å². The molecule has 0 bridgehead atoms. The summed E-state index contributed by atoms with van der Waals surface area (Å²) in [6, 6.07) is 11.1. The van der Waals surface area contributed by atoms with Crippen LogP contribution in [0.5, 0.6) is 5.75 Å². The van der Waals surface area contributed by atoms with Crippen LogP contribution in [0.15, 0.2) is 47.4 Å². The number of imide groups is 1. The van der Waals surface area contributed by atoms with E-state index in [4.69, 9.17) is 4.74 Å². The maximum atomic E-state index is 13.3. The normalized spacial score (nSPS) is 17.4. The third-order valence-corrected chi connectivity index (χ3v) is 6.17. The molecule has 0 saturated carbocycles. The lowest BCUT2D eigenvalue weighted by molar-refractivity contribution is -0.127. The van der Waals surface area contributed by atoms with Crippen molar-refractivity contribution in [1.82, 2.24) is 4.90 Å². The van der Waals surface area contributed by atoms with Gasteiger partial charge in [0, 0.05) is 36.1 Å². The van der Waals surface area contributed by atoms with E-state index in [-0.39, 0.29) is 10.6 Å². The number of rotatable bonds is 6. The van der Waals surface area contributed by atoms with Gasteiger partial charge in [-0.25, -0.2) is 4.39 Å². The number of carbonyl (C=O) groups excluding carboxylic acids is 3. The molecule has 2 saturated heterocycles. The third-order valence-electron chi connectivity index (χ3n) is 5.26. The average Bonchev–Trinajstić information content (AvgIpc) is 3.39. The van der Waals surface area contributed by atoms with Gasteiger partial charge in [-0.3, -0.25) is 19.3 Å². The molecule has 0 unspecified atom stereocenters. The summed E-state index contributed by atoms with van der Waals surface area (Å²) >= 11 is 0.769. The minimum atomic E-state index is -0.591. The van der Waals surface area contributed by atoms with Gasteiger partial charge < -0.3 is 15.0 Å². The Bertz CT molecular complexity index is 1100. The Labute approximate surface area is 189 Å². The zero-order chi connectivity index (χ0) is 22.7. The van der Waals surface area contributed by atoms with Crippen LogP contribution in [-0.4, -0.2) is 48.7 Å². The predicted molar refractivity (Wildman–Crippen MR) is 122 cm³/mol. The van der Waals surface area contributed by atoms with Crippen molar-refractivity contribution in [2.24, 2.45) is 0 Å². The van der Waals surface area contributed by atoms with Crippen molar-refractivity contribution >= 4 is 46.3 Å². The second-order valence-electron chi connectivity index (χ2n) is 7.45. The quantitative estimate of drug-likeness (QED) is 0.661. The Morgan fingerprint density at radius 1 is 1.19 bits per heavy atom. The molecule has 2 fully saturated rings. The maximum absolute atomic E-state index is 13.3. The Kier molecular flexibility index (Phi) is 6.45. The fourth-order valence-electron chi connectivity index (χ4n) is 3.68. The first-order valence-electron chi connectivity index (χ1n) is 10.2. The number of hydrogen-bond donors (Lipinski definition) is 1. The molecule has 4 rings (SSSR count).